The van der Waals surface area contributed by atoms with Crippen LogP contribution in [0.4, 0.5) is 11.4 Å². The second-order valence-electron chi connectivity index (χ2n) is 8.34. The minimum absolute atomic E-state index is 0.00872. The van der Waals surface area contributed by atoms with Crippen molar-refractivity contribution in [2.75, 3.05) is 35.3 Å². The van der Waals surface area contributed by atoms with E-state index >= 15 is 0 Å². The van der Waals surface area contributed by atoms with Crippen molar-refractivity contribution < 1.29 is 9.59 Å². The number of carbonyl (C=O) groups is 2. The van der Waals surface area contributed by atoms with Crippen molar-refractivity contribution in [1.29, 1.82) is 0 Å². The molecule has 0 aliphatic rings. The molecular formula is C24H34ClN2O2P. The number of hydrogen-bond acceptors (Lipinski definition) is 2. The molecule has 0 saturated heterocycles. The summed E-state index contributed by atoms with van der Waals surface area (Å²) in [7, 11) is -2.11. The van der Waals surface area contributed by atoms with Crippen LogP contribution in [0.3, 0.4) is 0 Å². The molecule has 2 aromatic carbocycles. The van der Waals surface area contributed by atoms with Gasteiger partial charge in [-0.3, -0.25) is 0 Å². The molecule has 0 atom stereocenters. The number of nitrogens with one attached hydrogen (secondary N) is 2. The van der Waals surface area contributed by atoms with Gasteiger partial charge >= 0.3 is 186 Å². The molecule has 6 heteroatoms. The molecule has 30 heavy (non-hydrogen) atoms. The third-order valence-corrected chi connectivity index (χ3v) is 11.4. The van der Waals surface area contributed by atoms with Gasteiger partial charge in [0.15, 0.2) is 0 Å². The second kappa shape index (κ2) is 10.4. The number of rotatable bonds is 8. The van der Waals surface area contributed by atoms with Crippen LogP contribution < -0.4 is 10.6 Å². The Morgan fingerprint density at radius 3 is 1.60 bits per heavy atom. The van der Waals surface area contributed by atoms with Gasteiger partial charge in [0.05, 0.1) is 0 Å². The average Bonchev–Trinajstić information content (AvgIpc) is 2.67. The molecule has 0 unspecified atom stereocenters. The van der Waals surface area contributed by atoms with Gasteiger partial charge in [-0.15, -0.1) is 0 Å². The first-order valence-electron chi connectivity index (χ1n) is 10.5. The zero-order valence-electron chi connectivity index (χ0n) is 18.9. The van der Waals surface area contributed by atoms with Crippen LogP contribution in [0.5, 0.6) is 0 Å². The van der Waals surface area contributed by atoms with Gasteiger partial charge in [0.25, 0.3) is 0 Å². The van der Waals surface area contributed by atoms with Gasteiger partial charge in [-0.2, -0.15) is 0 Å². The van der Waals surface area contributed by atoms with Gasteiger partial charge in [0.1, 0.15) is 0 Å². The molecular weight excluding hydrogens is 415 g/mol. The predicted molar refractivity (Wildman–Crippen MR) is 133 cm³/mol. The first-order valence-corrected chi connectivity index (χ1v) is 13.7. The number of aryl methyl sites for hydroxylation is 4. The number of hydrogen-bond donors (Lipinski definition) is 2. The SMILES string of the molecule is CC[PH](CC)(CC(=O)Nc1c(C)cccc1C)CC(=O)Nc1c(C)cc(Cl)cc1C. The number of anilines is 2. The van der Waals surface area contributed by atoms with E-state index < -0.39 is 7.26 Å². The maximum absolute atomic E-state index is 12.9. The number of amides is 2. The zero-order chi connectivity index (χ0) is 22.5. The van der Waals surface area contributed by atoms with Crippen molar-refractivity contribution in [3.8, 4) is 0 Å². The van der Waals surface area contributed by atoms with E-state index in [1.807, 2.05) is 58.0 Å². The Kier molecular flexibility index (Phi) is 8.46. The summed E-state index contributed by atoms with van der Waals surface area (Å²) in [5, 5.41) is 6.84. The van der Waals surface area contributed by atoms with E-state index in [1.165, 1.54) is 0 Å². The predicted octanol–water partition coefficient (Wildman–Crippen LogP) is 5.94. The topological polar surface area (TPSA) is 58.2 Å². The van der Waals surface area contributed by atoms with Gasteiger partial charge in [0, 0.05) is 0 Å². The number of halogens is 1. The number of para-hydroxylation sites is 1. The molecule has 164 valence electrons. The fourth-order valence-corrected chi connectivity index (χ4v) is 7.47. The van der Waals surface area contributed by atoms with Crippen LogP contribution in [0.15, 0.2) is 30.3 Å². The number of benzene rings is 2. The molecule has 0 radical (unpaired) electrons. The average molecular weight is 449 g/mol. The van der Waals surface area contributed by atoms with E-state index in [0.717, 1.165) is 46.0 Å². The monoisotopic (exact) mass is 448 g/mol. The van der Waals surface area contributed by atoms with Crippen LogP contribution >= 0.6 is 18.9 Å². The van der Waals surface area contributed by atoms with Crippen LogP contribution in [0.25, 0.3) is 0 Å². The maximum atomic E-state index is 12.9. The van der Waals surface area contributed by atoms with E-state index in [2.05, 4.69) is 24.5 Å². The Hall–Kier alpha value is -1.90. The summed E-state index contributed by atoms with van der Waals surface area (Å²) in [5.41, 5.74) is 5.70. The molecule has 2 rings (SSSR count). The zero-order valence-corrected chi connectivity index (χ0v) is 20.7. The van der Waals surface area contributed by atoms with E-state index in [1.54, 1.807) is 0 Å². The van der Waals surface area contributed by atoms with Gasteiger partial charge < -0.3 is 0 Å². The van der Waals surface area contributed by atoms with E-state index in [9.17, 15) is 9.59 Å². The number of carbonyl (C=O) groups excluding carboxylic acids is 2. The Morgan fingerprint density at radius 1 is 0.800 bits per heavy atom. The normalized spacial score (nSPS) is 11.8. The summed E-state index contributed by atoms with van der Waals surface area (Å²) in [4.78, 5) is 25.9. The molecule has 0 aromatic heterocycles. The van der Waals surface area contributed by atoms with Crippen molar-refractivity contribution in [3.05, 3.63) is 57.6 Å². The molecule has 2 N–H and O–H groups in total. The molecule has 0 aliphatic heterocycles. The fraction of sp³-hybridized carbons (Fsp3) is 0.417. The van der Waals surface area contributed by atoms with Crippen molar-refractivity contribution in [2.45, 2.75) is 41.5 Å². The van der Waals surface area contributed by atoms with Gasteiger partial charge in [-0.1, -0.05) is 0 Å². The molecule has 0 bridgehead atoms. The summed E-state index contributed by atoms with van der Waals surface area (Å²) in [6.07, 6.45) is 2.65. The molecule has 0 heterocycles. The summed E-state index contributed by atoms with van der Waals surface area (Å²) in [5.74, 6) is -0.00631. The quantitative estimate of drug-likeness (QED) is 0.491. The minimum atomic E-state index is -2.11. The molecule has 0 fully saturated rings. The van der Waals surface area contributed by atoms with Crippen molar-refractivity contribution in [1.82, 2.24) is 0 Å². The van der Waals surface area contributed by atoms with E-state index in [0.29, 0.717) is 17.3 Å². The van der Waals surface area contributed by atoms with E-state index in [-0.39, 0.29) is 11.8 Å². The summed E-state index contributed by atoms with van der Waals surface area (Å²) < 4.78 is 0. The molecule has 0 aliphatic carbocycles. The third kappa shape index (κ3) is 6.06. The Labute approximate surface area is 186 Å². The van der Waals surface area contributed by atoms with Crippen LogP contribution in [0, 0.1) is 27.7 Å². The molecule has 0 saturated carbocycles. The van der Waals surface area contributed by atoms with Crippen molar-refractivity contribution >= 4 is 42.1 Å². The fourth-order valence-electron chi connectivity index (χ4n) is 3.98. The van der Waals surface area contributed by atoms with Crippen molar-refractivity contribution in [3.63, 3.8) is 0 Å². The second-order valence-corrected chi connectivity index (χ2v) is 13.9. The molecule has 2 aromatic rings. The molecule has 0 spiro atoms. The molecule has 4 nitrogen and oxygen atoms in total. The standard InChI is InChI=1S/C24H34ClN2O2P/c1-7-30(8-2,14-21(28)26-23-16(3)10-9-11-17(23)4)15-22(29)27-24-18(5)12-20(25)13-19(24)6/h9-13,30H,7-8,14-15H2,1-6H3,(H,26,28)(H,27,29). The van der Waals surface area contributed by atoms with Crippen LogP contribution in [-0.4, -0.2) is 36.5 Å². The Balaban J connectivity index is 2.13. The summed E-state index contributed by atoms with van der Waals surface area (Å²) in [6, 6.07) is 9.69. The summed E-state index contributed by atoms with van der Waals surface area (Å²) in [6.45, 7) is 12.1. The third-order valence-electron chi connectivity index (χ3n) is 6.08. The first kappa shape index (κ1) is 24.4. The van der Waals surface area contributed by atoms with Gasteiger partial charge in [-0.25, -0.2) is 0 Å². The van der Waals surface area contributed by atoms with Crippen molar-refractivity contribution in [2.24, 2.45) is 0 Å². The Bertz CT molecular complexity index is 896. The molecule has 2 amide bonds. The van der Waals surface area contributed by atoms with Crippen LogP contribution in [0.2, 0.25) is 5.02 Å². The van der Waals surface area contributed by atoms with Gasteiger partial charge in [-0.05, 0) is 0 Å². The van der Waals surface area contributed by atoms with Crippen LogP contribution in [-0.2, 0) is 9.59 Å². The first-order chi connectivity index (χ1) is 14.1. The summed E-state index contributed by atoms with van der Waals surface area (Å²) >= 11 is 6.11. The van der Waals surface area contributed by atoms with Gasteiger partial charge in [0.2, 0.25) is 0 Å². The Morgan fingerprint density at radius 2 is 1.20 bits per heavy atom. The van der Waals surface area contributed by atoms with E-state index in [4.69, 9.17) is 11.6 Å². The van der Waals surface area contributed by atoms with Crippen LogP contribution in [0.1, 0.15) is 36.1 Å².